The van der Waals surface area contributed by atoms with Crippen molar-refractivity contribution < 1.29 is 0 Å². The second-order valence-electron chi connectivity index (χ2n) is 4.51. The third kappa shape index (κ3) is 3.56. The van der Waals surface area contributed by atoms with Crippen molar-refractivity contribution in [2.75, 3.05) is 20.6 Å². The number of nitrogens with zero attached hydrogens (tertiary/aromatic N) is 5. The molecule has 1 aromatic heterocycles. The summed E-state index contributed by atoms with van der Waals surface area (Å²) in [5.74, 6) is 0.729. The first-order valence-electron chi connectivity index (χ1n) is 5.03. The van der Waals surface area contributed by atoms with Crippen LogP contribution in [-0.4, -0.2) is 51.3 Å². The van der Waals surface area contributed by atoms with Gasteiger partial charge in [0.05, 0.1) is 13.6 Å². The van der Waals surface area contributed by atoms with Gasteiger partial charge in [0, 0.05) is 12.1 Å². The van der Waals surface area contributed by atoms with Crippen molar-refractivity contribution in [3.8, 4) is 0 Å². The topological polar surface area (TPSA) is 58.9 Å². The van der Waals surface area contributed by atoms with Gasteiger partial charge < -0.3 is 10.2 Å². The van der Waals surface area contributed by atoms with E-state index in [1.165, 1.54) is 4.80 Å². The number of hydrogen-bond acceptors (Lipinski definition) is 5. The summed E-state index contributed by atoms with van der Waals surface area (Å²) < 4.78 is 0. The van der Waals surface area contributed by atoms with Gasteiger partial charge in [-0.25, -0.2) is 0 Å². The van der Waals surface area contributed by atoms with E-state index in [1.807, 2.05) is 0 Å². The Bertz CT molecular complexity index is 303. The van der Waals surface area contributed by atoms with Crippen molar-refractivity contribution in [1.29, 1.82) is 0 Å². The van der Waals surface area contributed by atoms with Crippen LogP contribution in [0.25, 0.3) is 0 Å². The number of nitrogens with one attached hydrogen (secondary N) is 1. The maximum atomic E-state index is 4.09. The normalized spacial score (nSPS) is 12.4. The van der Waals surface area contributed by atoms with Gasteiger partial charge in [-0.3, -0.25) is 0 Å². The van der Waals surface area contributed by atoms with Gasteiger partial charge in [-0.1, -0.05) is 0 Å². The molecule has 0 aliphatic heterocycles. The van der Waals surface area contributed by atoms with Gasteiger partial charge in [-0.15, -0.1) is 10.2 Å². The Morgan fingerprint density at radius 2 is 2.07 bits per heavy atom. The average molecular weight is 212 g/mol. The van der Waals surface area contributed by atoms with Crippen molar-refractivity contribution >= 4 is 0 Å². The van der Waals surface area contributed by atoms with E-state index < -0.39 is 0 Å². The minimum absolute atomic E-state index is 0.127. The van der Waals surface area contributed by atoms with Gasteiger partial charge in [0.25, 0.3) is 0 Å². The third-order valence-corrected chi connectivity index (χ3v) is 2.60. The molecule has 0 unspecified atom stereocenters. The predicted molar refractivity (Wildman–Crippen MR) is 58.3 cm³/mol. The molecule has 0 bridgehead atoms. The fourth-order valence-electron chi connectivity index (χ4n) is 1.03. The summed E-state index contributed by atoms with van der Waals surface area (Å²) in [6, 6.07) is 0. The SMILES string of the molecule is CN(C)C(C)(C)CNCc1nnn(C)n1. The lowest BCUT2D eigenvalue weighted by molar-refractivity contribution is 0.189. The second-order valence-corrected chi connectivity index (χ2v) is 4.51. The molecule has 1 N–H and O–H groups in total. The van der Waals surface area contributed by atoms with Crippen LogP contribution in [0.2, 0.25) is 0 Å². The van der Waals surface area contributed by atoms with E-state index >= 15 is 0 Å². The molecule has 6 nitrogen and oxygen atoms in total. The first-order valence-corrected chi connectivity index (χ1v) is 5.03. The van der Waals surface area contributed by atoms with Crippen LogP contribution < -0.4 is 5.32 Å². The quantitative estimate of drug-likeness (QED) is 0.722. The highest BCUT2D eigenvalue weighted by atomic mass is 15.6. The zero-order valence-electron chi connectivity index (χ0n) is 10.2. The van der Waals surface area contributed by atoms with Gasteiger partial charge in [0.2, 0.25) is 0 Å². The van der Waals surface area contributed by atoms with Crippen LogP contribution in [0.15, 0.2) is 0 Å². The minimum atomic E-state index is 0.127. The van der Waals surface area contributed by atoms with Crippen LogP contribution in [0.5, 0.6) is 0 Å². The molecule has 1 aromatic rings. The highest BCUT2D eigenvalue weighted by Crippen LogP contribution is 2.07. The summed E-state index contributed by atoms with van der Waals surface area (Å²) in [6.07, 6.45) is 0. The summed E-state index contributed by atoms with van der Waals surface area (Å²) in [6.45, 7) is 5.91. The fraction of sp³-hybridized carbons (Fsp3) is 0.889. The molecule has 0 spiro atoms. The monoisotopic (exact) mass is 212 g/mol. The Labute approximate surface area is 90.6 Å². The molecule has 6 heteroatoms. The van der Waals surface area contributed by atoms with Crippen LogP contribution in [0.1, 0.15) is 19.7 Å². The summed E-state index contributed by atoms with van der Waals surface area (Å²) in [4.78, 5) is 3.65. The predicted octanol–water partition coefficient (Wildman–Crippen LogP) is -0.360. The summed E-state index contributed by atoms with van der Waals surface area (Å²) in [5.41, 5.74) is 0.127. The maximum Gasteiger partial charge on any atom is 0.188 e. The Kier molecular flexibility index (Phi) is 3.76. The molecule has 0 saturated carbocycles. The molecule has 0 radical (unpaired) electrons. The number of hydrogen-bond donors (Lipinski definition) is 1. The lowest BCUT2D eigenvalue weighted by Gasteiger charge is -2.32. The molecule has 0 fully saturated rings. The van der Waals surface area contributed by atoms with Gasteiger partial charge >= 0.3 is 0 Å². The van der Waals surface area contributed by atoms with E-state index in [-0.39, 0.29) is 5.54 Å². The highest BCUT2D eigenvalue weighted by molar-refractivity contribution is 4.82. The van der Waals surface area contributed by atoms with E-state index in [2.05, 4.69) is 53.6 Å². The maximum absolute atomic E-state index is 4.09. The lowest BCUT2D eigenvalue weighted by Crippen LogP contribution is -2.46. The number of likely N-dealkylation sites (N-methyl/N-ethyl adjacent to an activating group) is 1. The van der Waals surface area contributed by atoms with E-state index in [1.54, 1.807) is 7.05 Å². The first kappa shape index (κ1) is 12.1. The number of aryl methyl sites for hydroxylation is 1. The molecule has 1 rings (SSSR count). The molecule has 0 saturated heterocycles. The van der Waals surface area contributed by atoms with Crippen molar-refractivity contribution in [3.63, 3.8) is 0 Å². The van der Waals surface area contributed by atoms with Gasteiger partial charge in [0.1, 0.15) is 0 Å². The zero-order chi connectivity index (χ0) is 11.5. The summed E-state index contributed by atoms with van der Waals surface area (Å²) in [5, 5.41) is 15.1. The molecule has 0 amide bonds. The molecule has 0 atom stereocenters. The Morgan fingerprint density at radius 1 is 1.40 bits per heavy atom. The van der Waals surface area contributed by atoms with Crippen LogP contribution in [0, 0.1) is 0 Å². The molecule has 0 aliphatic rings. The van der Waals surface area contributed by atoms with E-state index in [4.69, 9.17) is 0 Å². The number of rotatable bonds is 5. The number of aromatic nitrogens is 4. The van der Waals surface area contributed by atoms with Gasteiger partial charge in [-0.2, -0.15) is 4.80 Å². The Morgan fingerprint density at radius 3 is 2.53 bits per heavy atom. The average Bonchev–Trinajstić information content (AvgIpc) is 2.51. The molecule has 0 aliphatic carbocycles. The molecular formula is C9H20N6. The van der Waals surface area contributed by atoms with E-state index in [9.17, 15) is 0 Å². The van der Waals surface area contributed by atoms with E-state index in [0.29, 0.717) is 6.54 Å². The summed E-state index contributed by atoms with van der Waals surface area (Å²) in [7, 11) is 5.91. The van der Waals surface area contributed by atoms with Crippen molar-refractivity contribution in [2.45, 2.75) is 25.9 Å². The van der Waals surface area contributed by atoms with Crippen molar-refractivity contribution in [3.05, 3.63) is 5.82 Å². The number of tetrazole rings is 1. The third-order valence-electron chi connectivity index (χ3n) is 2.60. The van der Waals surface area contributed by atoms with Crippen LogP contribution >= 0.6 is 0 Å². The largest absolute Gasteiger partial charge is 0.308 e. The molecule has 15 heavy (non-hydrogen) atoms. The van der Waals surface area contributed by atoms with Crippen molar-refractivity contribution in [1.82, 2.24) is 30.4 Å². The lowest BCUT2D eigenvalue weighted by atomic mass is 10.0. The van der Waals surface area contributed by atoms with Crippen molar-refractivity contribution in [2.24, 2.45) is 7.05 Å². The molecule has 86 valence electrons. The Hall–Kier alpha value is -1.01. The molecule has 0 aromatic carbocycles. The fourth-order valence-corrected chi connectivity index (χ4v) is 1.03. The minimum Gasteiger partial charge on any atom is -0.308 e. The highest BCUT2D eigenvalue weighted by Gasteiger charge is 2.19. The molecule has 1 heterocycles. The van der Waals surface area contributed by atoms with Crippen LogP contribution in [-0.2, 0) is 13.6 Å². The zero-order valence-corrected chi connectivity index (χ0v) is 10.2. The van der Waals surface area contributed by atoms with E-state index in [0.717, 1.165) is 12.4 Å². The van der Waals surface area contributed by atoms with Gasteiger partial charge in [-0.05, 0) is 33.2 Å². The summed E-state index contributed by atoms with van der Waals surface area (Å²) >= 11 is 0. The molecular weight excluding hydrogens is 192 g/mol. The van der Waals surface area contributed by atoms with Crippen LogP contribution in [0.3, 0.4) is 0 Å². The van der Waals surface area contributed by atoms with Gasteiger partial charge in [0.15, 0.2) is 5.82 Å². The second kappa shape index (κ2) is 4.67. The standard InChI is InChI=1S/C9H20N6/c1-9(2,14(3)4)7-10-6-8-11-13-15(5)12-8/h10H,6-7H2,1-5H3. The smallest absolute Gasteiger partial charge is 0.188 e. The van der Waals surface area contributed by atoms with Crippen LogP contribution in [0.4, 0.5) is 0 Å². The first-order chi connectivity index (χ1) is 6.92. The Balaban J connectivity index is 2.33.